The highest BCUT2D eigenvalue weighted by atomic mass is 19.1. The number of benzene rings is 1. The normalized spacial score (nSPS) is 20.5. The lowest BCUT2D eigenvalue weighted by molar-refractivity contribution is -0.135. The van der Waals surface area contributed by atoms with Crippen molar-refractivity contribution in [3.05, 3.63) is 52.2 Å². The largest absolute Gasteiger partial charge is 0.361 e. The first kappa shape index (κ1) is 15.7. The Morgan fingerprint density at radius 2 is 2.13 bits per heavy atom. The lowest BCUT2D eigenvalue weighted by Gasteiger charge is -2.40. The van der Waals surface area contributed by atoms with Crippen LogP contribution in [-0.4, -0.2) is 22.0 Å². The minimum Gasteiger partial charge on any atom is -0.361 e. The molecule has 0 N–H and O–H groups in total. The third-order valence-corrected chi connectivity index (χ3v) is 4.76. The van der Waals surface area contributed by atoms with E-state index in [4.69, 9.17) is 4.52 Å². The topological polar surface area (TPSA) is 46.3 Å². The molecule has 1 aromatic heterocycles. The van der Waals surface area contributed by atoms with Crippen LogP contribution in [0.3, 0.4) is 0 Å². The van der Waals surface area contributed by atoms with Gasteiger partial charge in [-0.15, -0.1) is 0 Å². The van der Waals surface area contributed by atoms with Gasteiger partial charge in [0.1, 0.15) is 11.6 Å². The minimum atomic E-state index is -0.223. The van der Waals surface area contributed by atoms with Crippen molar-refractivity contribution in [2.45, 2.75) is 52.6 Å². The summed E-state index contributed by atoms with van der Waals surface area (Å²) in [5.41, 5.74) is 3.64. The summed E-state index contributed by atoms with van der Waals surface area (Å²) >= 11 is 0. The van der Waals surface area contributed by atoms with Gasteiger partial charge >= 0.3 is 0 Å². The molecule has 3 rings (SSSR count). The predicted octanol–water partition coefficient (Wildman–Crippen LogP) is 3.51. The molecule has 0 radical (unpaired) electrons. The Labute approximate surface area is 135 Å². The lowest BCUT2D eigenvalue weighted by atomic mass is 9.89. The highest BCUT2D eigenvalue weighted by Crippen LogP contribution is 2.34. The summed E-state index contributed by atoms with van der Waals surface area (Å²) in [6.45, 7) is 7.68. The second kappa shape index (κ2) is 5.80. The van der Waals surface area contributed by atoms with E-state index in [1.807, 2.05) is 32.6 Å². The van der Waals surface area contributed by atoms with E-state index >= 15 is 0 Å². The van der Waals surface area contributed by atoms with Gasteiger partial charge in [-0.2, -0.15) is 0 Å². The molecule has 1 aliphatic heterocycles. The molecule has 0 fully saturated rings. The second-order valence-electron chi connectivity index (χ2n) is 6.35. The van der Waals surface area contributed by atoms with Crippen molar-refractivity contribution in [3.8, 4) is 0 Å². The molecule has 1 aliphatic rings. The van der Waals surface area contributed by atoms with E-state index in [0.717, 1.165) is 22.4 Å². The molecule has 122 valence electrons. The van der Waals surface area contributed by atoms with Crippen molar-refractivity contribution in [3.63, 3.8) is 0 Å². The zero-order chi connectivity index (χ0) is 16.7. The van der Waals surface area contributed by atoms with Gasteiger partial charge in [0.15, 0.2) is 0 Å². The third kappa shape index (κ3) is 2.76. The molecule has 0 saturated heterocycles. The Hall–Kier alpha value is -2.17. The van der Waals surface area contributed by atoms with Crippen LogP contribution >= 0.6 is 0 Å². The molecule has 0 aliphatic carbocycles. The van der Waals surface area contributed by atoms with Gasteiger partial charge in [0.25, 0.3) is 0 Å². The molecular weight excluding hydrogens is 295 g/mol. The standard InChI is InChI=1S/C18H21FN2O2/c1-10-7-14-8-15(19)5-6-16(14)12(3)21(10)18(22)9-17-11(2)20-23-13(17)4/h5-6,8,10,12H,7,9H2,1-4H3/t10-,12-/m0/s1. The Kier molecular flexibility index (Phi) is 3.96. The fourth-order valence-electron chi connectivity index (χ4n) is 3.57. The van der Waals surface area contributed by atoms with E-state index < -0.39 is 0 Å². The van der Waals surface area contributed by atoms with Crippen LogP contribution in [-0.2, 0) is 17.6 Å². The highest BCUT2D eigenvalue weighted by molar-refractivity contribution is 5.80. The fraction of sp³-hybridized carbons (Fsp3) is 0.444. The van der Waals surface area contributed by atoms with Gasteiger partial charge in [-0.3, -0.25) is 4.79 Å². The number of nitrogens with zero attached hydrogens (tertiary/aromatic N) is 2. The fourth-order valence-corrected chi connectivity index (χ4v) is 3.57. The summed E-state index contributed by atoms with van der Waals surface area (Å²) in [5.74, 6) is 0.517. The van der Waals surface area contributed by atoms with E-state index in [0.29, 0.717) is 12.2 Å². The summed E-state index contributed by atoms with van der Waals surface area (Å²) in [4.78, 5) is 14.7. The first-order valence-electron chi connectivity index (χ1n) is 7.89. The molecule has 2 aromatic rings. The SMILES string of the molecule is Cc1noc(C)c1CC(=O)N1[C@@H](C)Cc2cc(F)ccc2[C@@H]1C. The average Bonchev–Trinajstić information content (AvgIpc) is 2.78. The Morgan fingerprint density at radius 3 is 2.78 bits per heavy atom. The van der Waals surface area contributed by atoms with Gasteiger partial charge in [0.2, 0.25) is 5.91 Å². The van der Waals surface area contributed by atoms with Gasteiger partial charge in [-0.05, 0) is 57.4 Å². The van der Waals surface area contributed by atoms with Crippen molar-refractivity contribution >= 4 is 5.91 Å². The van der Waals surface area contributed by atoms with Gasteiger partial charge in [0, 0.05) is 11.6 Å². The van der Waals surface area contributed by atoms with Crippen molar-refractivity contribution in [2.24, 2.45) is 0 Å². The molecule has 2 heterocycles. The number of carbonyl (C=O) groups excluding carboxylic acids is 1. The molecule has 0 unspecified atom stereocenters. The number of halogens is 1. The number of hydrogen-bond donors (Lipinski definition) is 0. The maximum atomic E-state index is 13.4. The third-order valence-electron chi connectivity index (χ3n) is 4.76. The molecule has 0 spiro atoms. The number of hydrogen-bond acceptors (Lipinski definition) is 3. The van der Waals surface area contributed by atoms with Crippen molar-refractivity contribution in [1.29, 1.82) is 0 Å². The van der Waals surface area contributed by atoms with Crippen molar-refractivity contribution in [2.75, 3.05) is 0 Å². The Balaban J connectivity index is 1.88. The van der Waals surface area contributed by atoms with Gasteiger partial charge in [-0.1, -0.05) is 11.2 Å². The summed E-state index contributed by atoms with van der Waals surface area (Å²) < 4.78 is 18.6. The van der Waals surface area contributed by atoms with Gasteiger partial charge < -0.3 is 9.42 Å². The number of carbonyl (C=O) groups is 1. The summed E-state index contributed by atoms with van der Waals surface area (Å²) in [7, 11) is 0. The zero-order valence-corrected chi connectivity index (χ0v) is 13.9. The van der Waals surface area contributed by atoms with Crippen LogP contribution in [0.1, 0.15) is 48.0 Å². The van der Waals surface area contributed by atoms with Crippen LogP contribution in [0.4, 0.5) is 4.39 Å². The van der Waals surface area contributed by atoms with E-state index in [1.54, 1.807) is 12.1 Å². The van der Waals surface area contributed by atoms with E-state index in [-0.39, 0.29) is 30.2 Å². The Morgan fingerprint density at radius 1 is 1.39 bits per heavy atom. The second-order valence-corrected chi connectivity index (χ2v) is 6.35. The van der Waals surface area contributed by atoms with Crippen LogP contribution in [0.5, 0.6) is 0 Å². The molecule has 5 heteroatoms. The summed E-state index contributed by atoms with van der Waals surface area (Å²) in [5, 5.41) is 3.91. The molecule has 4 nitrogen and oxygen atoms in total. The maximum Gasteiger partial charge on any atom is 0.227 e. The van der Waals surface area contributed by atoms with Crippen molar-refractivity contribution in [1.82, 2.24) is 10.1 Å². The first-order valence-corrected chi connectivity index (χ1v) is 7.89. The molecule has 1 aromatic carbocycles. The first-order chi connectivity index (χ1) is 10.9. The summed E-state index contributed by atoms with van der Waals surface area (Å²) in [6, 6.07) is 4.80. The number of fused-ring (bicyclic) bond motifs is 1. The average molecular weight is 316 g/mol. The molecule has 1 amide bonds. The smallest absolute Gasteiger partial charge is 0.227 e. The van der Waals surface area contributed by atoms with Crippen LogP contribution < -0.4 is 0 Å². The van der Waals surface area contributed by atoms with E-state index in [1.165, 1.54) is 6.07 Å². The van der Waals surface area contributed by atoms with E-state index in [2.05, 4.69) is 5.16 Å². The molecule has 2 atom stereocenters. The Bertz CT molecular complexity index is 734. The molecule has 23 heavy (non-hydrogen) atoms. The van der Waals surface area contributed by atoms with E-state index in [9.17, 15) is 9.18 Å². The molecule has 0 bridgehead atoms. The maximum absolute atomic E-state index is 13.4. The van der Waals surface area contributed by atoms with Crippen LogP contribution in [0.25, 0.3) is 0 Å². The number of aryl methyl sites for hydroxylation is 2. The van der Waals surface area contributed by atoms with Crippen LogP contribution in [0.15, 0.2) is 22.7 Å². The van der Waals surface area contributed by atoms with Gasteiger partial charge in [-0.25, -0.2) is 4.39 Å². The van der Waals surface area contributed by atoms with Gasteiger partial charge in [0.05, 0.1) is 18.2 Å². The number of rotatable bonds is 2. The minimum absolute atomic E-state index is 0.0345. The zero-order valence-electron chi connectivity index (χ0n) is 13.9. The highest BCUT2D eigenvalue weighted by Gasteiger charge is 2.33. The van der Waals surface area contributed by atoms with Crippen LogP contribution in [0.2, 0.25) is 0 Å². The lowest BCUT2D eigenvalue weighted by Crippen LogP contribution is -2.45. The van der Waals surface area contributed by atoms with Crippen LogP contribution in [0, 0.1) is 19.7 Å². The number of amides is 1. The summed E-state index contributed by atoms with van der Waals surface area (Å²) in [6.07, 6.45) is 0.956. The quantitative estimate of drug-likeness (QED) is 0.852. The number of aromatic nitrogens is 1. The predicted molar refractivity (Wildman–Crippen MR) is 84.5 cm³/mol. The monoisotopic (exact) mass is 316 g/mol. The van der Waals surface area contributed by atoms with Crippen molar-refractivity contribution < 1.29 is 13.7 Å². The molecular formula is C18H21FN2O2. The molecule has 0 saturated carbocycles.